The Bertz CT molecular complexity index is 484. The molecule has 0 aliphatic rings. The smallest absolute Gasteiger partial charge is 0.0621 e. The maximum Gasteiger partial charge on any atom is 0.0621 e. The highest BCUT2D eigenvalue weighted by Gasteiger charge is 1.85. The molecule has 0 aliphatic carbocycles. The van der Waals surface area contributed by atoms with E-state index in [9.17, 15) is 0 Å². The number of hydrogen-bond acceptors (Lipinski definition) is 2. The van der Waals surface area contributed by atoms with E-state index >= 15 is 0 Å². The van der Waals surface area contributed by atoms with Crippen molar-refractivity contribution in [1.82, 2.24) is 0 Å². The summed E-state index contributed by atoms with van der Waals surface area (Å²) in [4.78, 5) is 0. The predicted molar refractivity (Wildman–Crippen MR) is 76.1 cm³/mol. The van der Waals surface area contributed by atoms with Gasteiger partial charge in [0.05, 0.1) is 12.1 Å². The van der Waals surface area contributed by atoms with Gasteiger partial charge in [-0.2, -0.15) is 10.5 Å². The highest BCUT2D eigenvalue weighted by molar-refractivity contribution is 5.35. The summed E-state index contributed by atoms with van der Waals surface area (Å²) in [5.41, 5.74) is 0. The van der Waals surface area contributed by atoms with E-state index in [4.69, 9.17) is 10.5 Å². The summed E-state index contributed by atoms with van der Waals surface area (Å²) in [7, 11) is 0. The molecule has 0 bridgehead atoms. The van der Waals surface area contributed by atoms with Crippen LogP contribution in [0.3, 0.4) is 0 Å². The Balaban J connectivity index is 3.51. The van der Waals surface area contributed by atoms with Crippen LogP contribution in [-0.2, 0) is 0 Å². The molecule has 2 heteroatoms. The lowest BCUT2D eigenvalue weighted by Gasteiger charge is -1.89. The van der Waals surface area contributed by atoms with Gasteiger partial charge in [0.2, 0.25) is 0 Å². The van der Waals surface area contributed by atoms with Crippen LogP contribution in [0, 0.1) is 58.2 Å². The van der Waals surface area contributed by atoms with Crippen molar-refractivity contribution in [2.24, 2.45) is 0 Å². The first kappa shape index (κ1) is 16.7. The first-order chi connectivity index (χ1) is 9.41. The van der Waals surface area contributed by atoms with Crippen molar-refractivity contribution in [1.29, 1.82) is 10.5 Å². The Hall–Kier alpha value is -2.34. The fraction of sp³-hybridized carbons (Fsp3) is 0.529. The molecule has 0 saturated carbocycles. The number of nitriles is 2. The molecular weight excluding hydrogens is 232 g/mol. The fourth-order valence-corrected chi connectivity index (χ4v) is 1.29. The SMILES string of the molecule is N#CCCCCC#CC#CC#CCCCCCC#N. The van der Waals surface area contributed by atoms with Crippen LogP contribution >= 0.6 is 0 Å². The number of unbranched alkanes of at least 4 members (excludes halogenated alkanes) is 7. The summed E-state index contributed by atoms with van der Waals surface area (Å²) >= 11 is 0. The minimum Gasteiger partial charge on any atom is -0.198 e. The topological polar surface area (TPSA) is 47.6 Å². The molecule has 0 radical (unpaired) electrons. The van der Waals surface area contributed by atoms with Crippen LogP contribution < -0.4 is 0 Å². The Kier molecular flexibility index (Phi) is 13.7. The van der Waals surface area contributed by atoms with E-state index in [0.717, 1.165) is 44.9 Å². The van der Waals surface area contributed by atoms with Gasteiger partial charge in [0, 0.05) is 25.7 Å². The minimum absolute atomic E-state index is 0.604. The van der Waals surface area contributed by atoms with Crippen LogP contribution in [0.4, 0.5) is 0 Å². The molecule has 0 amide bonds. The molecule has 0 atom stereocenters. The minimum atomic E-state index is 0.604. The molecule has 0 saturated heterocycles. The first-order valence-corrected chi connectivity index (χ1v) is 6.61. The number of hydrogen-bond donors (Lipinski definition) is 0. The predicted octanol–water partition coefficient (Wildman–Crippen LogP) is 3.55. The number of nitrogens with zero attached hydrogens (tertiary/aromatic N) is 2. The molecule has 2 nitrogen and oxygen atoms in total. The summed E-state index contributed by atoms with van der Waals surface area (Å²) in [6.45, 7) is 0. The molecule has 0 aromatic carbocycles. The van der Waals surface area contributed by atoms with Gasteiger partial charge in [-0.25, -0.2) is 0 Å². The average Bonchev–Trinajstić information content (AvgIpc) is 2.43. The third kappa shape index (κ3) is 15.7. The standard InChI is InChI=1S/C17H18N2/c18-16-14-12-10-8-6-4-2-1-3-5-7-9-11-13-15-17-19/h6,8-15H2. The van der Waals surface area contributed by atoms with Gasteiger partial charge in [0.25, 0.3) is 0 Å². The van der Waals surface area contributed by atoms with E-state index in [1.807, 2.05) is 0 Å². The van der Waals surface area contributed by atoms with Crippen molar-refractivity contribution in [3.05, 3.63) is 0 Å². The second-order valence-corrected chi connectivity index (χ2v) is 3.94. The van der Waals surface area contributed by atoms with Crippen LogP contribution in [0.15, 0.2) is 0 Å². The normalized spacial score (nSPS) is 7.47. The van der Waals surface area contributed by atoms with E-state index in [0.29, 0.717) is 12.8 Å². The zero-order valence-electron chi connectivity index (χ0n) is 11.3. The summed E-state index contributed by atoms with van der Waals surface area (Å²) in [5.74, 6) is 16.8. The summed E-state index contributed by atoms with van der Waals surface area (Å²) in [6, 6.07) is 4.23. The monoisotopic (exact) mass is 250 g/mol. The van der Waals surface area contributed by atoms with Crippen LogP contribution in [0.25, 0.3) is 0 Å². The highest BCUT2D eigenvalue weighted by Crippen LogP contribution is 2.00. The lowest BCUT2D eigenvalue weighted by molar-refractivity contribution is 0.706. The molecule has 19 heavy (non-hydrogen) atoms. The Morgan fingerprint density at radius 3 is 1.42 bits per heavy atom. The maximum absolute atomic E-state index is 8.35. The van der Waals surface area contributed by atoms with E-state index in [1.165, 1.54) is 0 Å². The van der Waals surface area contributed by atoms with E-state index in [1.54, 1.807) is 0 Å². The van der Waals surface area contributed by atoms with Crippen molar-refractivity contribution in [2.75, 3.05) is 0 Å². The van der Waals surface area contributed by atoms with Crippen LogP contribution in [-0.4, -0.2) is 0 Å². The highest BCUT2D eigenvalue weighted by atomic mass is 14.2. The summed E-state index contributed by atoms with van der Waals surface area (Å²) < 4.78 is 0. The maximum atomic E-state index is 8.35. The second-order valence-electron chi connectivity index (χ2n) is 3.94. The molecule has 0 aromatic heterocycles. The van der Waals surface area contributed by atoms with Gasteiger partial charge in [0.15, 0.2) is 0 Å². The van der Waals surface area contributed by atoms with Crippen LogP contribution in [0.1, 0.15) is 57.8 Å². The van der Waals surface area contributed by atoms with Crippen molar-refractivity contribution >= 4 is 0 Å². The van der Waals surface area contributed by atoms with Gasteiger partial charge in [-0.15, -0.1) is 0 Å². The fourth-order valence-electron chi connectivity index (χ4n) is 1.29. The van der Waals surface area contributed by atoms with Crippen molar-refractivity contribution in [3.63, 3.8) is 0 Å². The van der Waals surface area contributed by atoms with Crippen LogP contribution in [0.5, 0.6) is 0 Å². The molecule has 0 rings (SSSR count). The van der Waals surface area contributed by atoms with Gasteiger partial charge in [-0.05, 0) is 49.4 Å². The van der Waals surface area contributed by atoms with Gasteiger partial charge >= 0.3 is 0 Å². The molecule has 0 fully saturated rings. The Labute approximate surface area is 116 Å². The third-order valence-corrected chi connectivity index (χ3v) is 2.29. The van der Waals surface area contributed by atoms with E-state index in [-0.39, 0.29) is 0 Å². The summed E-state index contributed by atoms with van der Waals surface area (Å²) in [5, 5.41) is 16.7. The second kappa shape index (κ2) is 15.7. The lowest BCUT2D eigenvalue weighted by atomic mass is 10.1. The average molecular weight is 250 g/mol. The lowest BCUT2D eigenvalue weighted by Crippen LogP contribution is -1.74. The van der Waals surface area contributed by atoms with Crippen molar-refractivity contribution in [2.45, 2.75) is 57.8 Å². The molecule has 0 N–H and O–H groups in total. The quantitative estimate of drug-likeness (QED) is 0.512. The molecule has 0 unspecified atom stereocenters. The largest absolute Gasteiger partial charge is 0.198 e. The van der Waals surface area contributed by atoms with Crippen molar-refractivity contribution < 1.29 is 0 Å². The zero-order chi connectivity index (χ0) is 14.0. The first-order valence-electron chi connectivity index (χ1n) is 6.61. The molecular formula is C17H18N2. The van der Waals surface area contributed by atoms with Crippen LogP contribution in [0.2, 0.25) is 0 Å². The molecule has 0 heterocycles. The van der Waals surface area contributed by atoms with Gasteiger partial charge in [-0.1, -0.05) is 18.3 Å². The Morgan fingerprint density at radius 2 is 0.895 bits per heavy atom. The molecule has 0 aliphatic heterocycles. The molecule has 0 aromatic rings. The van der Waals surface area contributed by atoms with E-state index < -0.39 is 0 Å². The third-order valence-electron chi connectivity index (χ3n) is 2.29. The zero-order valence-corrected chi connectivity index (χ0v) is 11.3. The van der Waals surface area contributed by atoms with E-state index in [2.05, 4.69) is 47.7 Å². The van der Waals surface area contributed by atoms with Gasteiger partial charge < -0.3 is 0 Å². The Morgan fingerprint density at radius 1 is 0.474 bits per heavy atom. The summed E-state index contributed by atoms with van der Waals surface area (Å²) in [6.07, 6.45) is 7.77. The molecule has 96 valence electrons. The van der Waals surface area contributed by atoms with Gasteiger partial charge in [-0.3, -0.25) is 0 Å². The number of rotatable bonds is 7. The molecule has 0 spiro atoms. The van der Waals surface area contributed by atoms with Crippen molar-refractivity contribution in [3.8, 4) is 47.7 Å². The van der Waals surface area contributed by atoms with Gasteiger partial charge in [0.1, 0.15) is 0 Å².